The van der Waals surface area contributed by atoms with Crippen molar-refractivity contribution in [1.29, 1.82) is 0 Å². The van der Waals surface area contributed by atoms with Crippen LogP contribution in [0.3, 0.4) is 0 Å². The van der Waals surface area contributed by atoms with Gasteiger partial charge in [0.15, 0.2) is 0 Å². The molecule has 2 rings (SSSR count). The first kappa shape index (κ1) is 17.9. The maximum Gasteiger partial charge on any atom is 0.573 e. The lowest BCUT2D eigenvalue weighted by Crippen LogP contribution is -2.18. The highest BCUT2D eigenvalue weighted by Gasteiger charge is 2.32. The predicted molar refractivity (Wildman–Crippen MR) is 71.2 cm³/mol. The molecule has 130 valence electrons. The summed E-state index contributed by atoms with van der Waals surface area (Å²) < 4.78 is 81.5. The van der Waals surface area contributed by atoms with E-state index < -0.39 is 30.8 Å². The number of aliphatic hydroxyl groups excluding tert-OH is 1. The van der Waals surface area contributed by atoms with Gasteiger partial charge in [-0.25, -0.2) is 0 Å². The summed E-state index contributed by atoms with van der Waals surface area (Å²) in [6.07, 6.45) is -9.85. The van der Waals surface area contributed by atoms with E-state index in [2.05, 4.69) is 9.47 Å². The van der Waals surface area contributed by atoms with E-state index >= 15 is 0 Å². The van der Waals surface area contributed by atoms with Crippen LogP contribution in [0.1, 0.15) is 5.56 Å². The zero-order valence-corrected chi connectivity index (χ0v) is 11.8. The van der Waals surface area contributed by atoms with Crippen LogP contribution in [-0.2, 0) is 6.61 Å². The Hall–Kier alpha value is -2.42. The van der Waals surface area contributed by atoms with Crippen molar-refractivity contribution in [1.82, 2.24) is 0 Å². The van der Waals surface area contributed by atoms with E-state index in [4.69, 9.17) is 5.11 Å². The van der Waals surface area contributed by atoms with Crippen LogP contribution in [0.2, 0.25) is 0 Å². The van der Waals surface area contributed by atoms with E-state index in [1.165, 1.54) is 24.3 Å². The van der Waals surface area contributed by atoms with Crippen LogP contribution >= 0.6 is 0 Å². The number of hydrogen-bond donors (Lipinski definition) is 1. The van der Waals surface area contributed by atoms with Gasteiger partial charge in [0, 0.05) is 5.56 Å². The first-order chi connectivity index (χ1) is 11.1. The number of benzene rings is 2. The second-order valence-corrected chi connectivity index (χ2v) is 4.60. The minimum Gasteiger partial charge on any atom is -0.406 e. The van der Waals surface area contributed by atoms with Gasteiger partial charge in [-0.1, -0.05) is 24.3 Å². The quantitative estimate of drug-likeness (QED) is 0.815. The van der Waals surface area contributed by atoms with E-state index in [1.54, 1.807) is 0 Å². The maximum atomic E-state index is 12.4. The topological polar surface area (TPSA) is 38.7 Å². The van der Waals surface area contributed by atoms with Crippen LogP contribution in [0.5, 0.6) is 11.5 Å². The summed E-state index contributed by atoms with van der Waals surface area (Å²) in [6, 6.07) is 8.27. The summed E-state index contributed by atoms with van der Waals surface area (Å²) >= 11 is 0. The fourth-order valence-corrected chi connectivity index (χ4v) is 1.96. The second-order valence-electron chi connectivity index (χ2n) is 4.60. The third-order valence-corrected chi connectivity index (χ3v) is 2.86. The Morgan fingerprint density at radius 2 is 1.42 bits per heavy atom. The third kappa shape index (κ3) is 5.05. The molecule has 0 radical (unpaired) electrons. The minimum atomic E-state index is -4.97. The zero-order valence-electron chi connectivity index (χ0n) is 11.8. The largest absolute Gasteiger partial charge is 0.573 e. The lowest BCUT2D eigenvalue weighted by atomic mass is 10.0. The van der Waals surface area contributed by atoms with Gasteiger partial charge in [-0.15, -0.1) is 26.3 Å². The summed E-state index contributed by atoms with van der Waals surface area (Å²) in [5, 5.41) is 9.06. The van der Waals surface area contributed by atoms with Crippen molar-refractivity contribution in [2.75, 3.05) is 0 Å². The maximum absolute atomic E-state index is 12.4. The van der Waals surface area contributed by atoms with Crippen molar-refractivity contribution >= 4 is 0 Å². The molecule has 0 unspecified atom stereocenters. The van der Waals surface area contributed by atoms with Crippen molar-refractivity contribution in [3.63, 3.8) is 0 Å². The number of rotatable bonds is 4. The van der Waals surface area contributed by atoms with Crippen LogP contribution in [0.25, 0.3) is 11.1 Å². The fraction of sp³-hybridized carbons (Fsp3) is 0.200. The van der Waals surface area contributed by atoms with Gasteiger partial charge in [-0.05, 0) is 29.3 Å². The molecule has 0 heterocycles. The van der Waals surface area contributed by atoms with Gasteiger partial charge in [0.05, 0.1) is 6.61 Å². The monoisotopic (exact) mass is 352 g/mol. The summed E-state index contributed by atoms with van der Waals surface area (Å²) in [5.74, 6) is -1.14. The summed E-state index contributed by atoms with van der Waals surface area (Å²) in [7, 11) is 0. The molecule has 0 aliphatic carbocycles. The van der Waals surface area contributed by atoms with Crippen LogP contribution in [0.15, 0.2) is 42.5 Å². The van der Waals surface area contributed by atoms with E-state index in [0.29, 0.717) is 0 Å². The van der Waals surface area contributed by atoms with Gasteiger partial charge >= 0.3 is 12.7 Å². The molecule has 0 aliphatic rings. The van der Waals surface area contributed by atoms with Crippen LogP contribution in [0.4, 0.5) is 26.3 Å². The van der Waals surface area contributed by atoms with Crippen LogP contribution in [-0.4, -0.2) is 17.8 Å². The van der Waals surface area contributed by atoms with Gasteiger partial charge in [0.25, 0.3) is 0 Å². The molecule has 0 bridgehead atoms. The first-order valence-electron chi connectivity index (χ1n) is 6.43. The molecular formula is C15H10F6O3. The molecule has 2 aromatic carbocycles. The van der Waals surface area contributed by atoms with Gasteiger partial charge in [0.1, 0.15) is 11.5 Å². The van der Waals surface area contributed by atoms with Crippen molar-refractivity contribution in [2.45, 2.75) is 19.3 Å². The van der Waals surface area contributed by atoms with Crippen molar-refractivity contribution < 1.29 is 40.9 Å². The SMILES string of the molecule is OCc1ccc(-c2cccc(OC(F)(F)F)c2)cc1OC(F)(F)F. The van der Waals surface area contributed by atoms with Crippen molar-refractivity contribution in [2.24, 2.45) is 0 Å². The number of aliphatic hydroxyl groups is 1. The summed E-state index contributed by atoms with van der Waals surface area (Å²) in [5.41, 5.74) is 0.242. The second kappa shape index (κ2) is 6.60. The first-order valence-corrected chi connectivity index (χ1v) is 6.43. The Balaban J connectivity index is 2.38. The molecule has 24 heavy (non-hydrogen) atoms. The lowest BCUT2D eigenvalue weighted by molar-refractivity contribution is -0.275. The molecule has 2 aromatic rings. The number of halogens is 6. The molecule has 0 saturated carbocycles. The highest BCUT2D eigenvalue weighted by Crippen LogP contribution is 2.33. The van der Waals surface area contributed by atoms with Gasteiger partial charge in [-0.2, -0.15) is 0 Å². The Labute approximate surface area is 132 Å². The van der Waals surface area contributed by atoms with Gasteiger partial charge < -0.3 is 14.6 Å². The van der Waals surface area contributed by atoms with E-state index in [9.17, 15) is 26.3 Å². The molecule has 0 saturated heterocycles. The molecule has 0 aromatic heterocycles. The molecule has 9 heteroatoms. The molecular weight excluding hydrogens is 342 g/mol. The smallest absolute Gasteiger partial charge is 0.406 e. The van der Waals surface area contributed by atoms with E-state index in [0.717, 1.165) is 18.2 Å². The average molecular weight is 352 g/mol. The molecule has 0 spiro atoms. The fourth-order valence-electron chi connectivity index (χ4n) is 1.96. The lowest BCUT2D eigenvalue weighted by Gasteiger charge is -2.14. The molecule has 0 atom stereocenters. The number of alkyl halides is 6. The Morgan fingerprint density at radius 3 is 2.00 bits per heavy atom. The van der Waals surface area contributed by atoms with Crippen LogP contribution < -0.4 is 9.47 Å². The highest BCUT2D eigenvalue weighted by atomic mass is 19.4. The molecule has 0 aliphatic heterocycles. The minimum absolute atomic E-state index is 0.112. The summed E-state index contributed by atoms with van der Waals surface area (Å²) in [6.45, 7) is -0.692. The van der Waals surface area contributed by atoms with E-state index in [1.807, 2.05) is 0 Å². The summed E-state index contributed by atoms with van der Waals surface area (Å²) in [4.78, 5) is 0. The third-order valence-electron chi connectivity index (χ3n) is 2.86. The average Bonchev–Trinajstić information content (AvgIpc) is 2.44. The zero-order chi connectivity index (χ0) is 18.0. The Morgan fingerprint density at radius 1 is 0.792 bits per heavy atom. The Bertz CT molecular complexity index is 709. The van der Waals surface area contributed by atoms with Crippen LogP contribution in [0, 0.1) is 0 Å². The predicted octanol–water partition coefficient (Wildman–Crippen LogP) is 4.64. The Kier molecular flexibility index (Phi) is 4.93. The highest BCUT2D eigenvalue weighted by molar-refractivity contribution is 5.67. The normalized spacial score (nSPS) is 12.1. The molecule has 3 nitrogen and oxygen atoms in total. The van der Waals surface area contributed by atoms with Crippen molar-refractivity contribution in [3.05, 3.63) is 48.0 Å². The standard InChI is InChI=1S/C15H10F6O3/c16-14(17,18)23-12-3-1-2-9(6-12)10-4-5-11(8-22)13(7-10)24-15(19,20)21/h1-7,22H,8H2. The number of hydrogen-bond acceptors (Lipinski definition) is 3. The van der Waals surface area contributed by atoms with Crippen molar-refractivity contribution in [3.8, 4) is 22.6 Å². The molecule has 0 fully saturated rings. The van der Waals surface area contributed by atoms with Gasteiger partial charge in [0.2, 0.25) is 0 Å². The number of ether oxygens (including phenoxy) is 2. The molecule has 1 N–H and O–H groups in total. The van der Waals surface area contributed by atoms with Gasteiger partial charge in [-0.3, -0.25) is 0 Å². The molecule has 0 amide bonds. The van der Waals surface area contributed by atoms with E-state index in [-0.39, 0.29) is 16.7 Å².